The number of carbonyl (C=O) groups is 1. The number of nitrogens with zero attached hydrogens (tertiary/aromatic N) is 1. The number of aryl methyl sites for hydroxylation is 1. The molecule has 0 saturated carbocycles. The molecule has 0 fully saturated rings. The van der Waals surface area contributed by atoms with Crippen molar-refractivity contribution in [2.45, 2.75) is 38.6 Å². The molecule has 0 aliphatic heterocycles. The highest BCUT2D eigenvalue weighted by atomic mass is 35.5. The number of unbranched alkanes of at least 4 members (excludes halogenated alkanes) is 2. The Kier molecular flexibility index (Phi) is 11.9. The minimum Gasteiger partial charge on any atom is -0.493 e. The zero-order chi connectivity index (χ0) is 32.1. The van der Waals surface area contributed by atoms with Gasteiger partial charge in [-0.05, 0) is 91.9 Å². The zero-order valence-corrected chi connectivity index (χ0v) is 26.8. The molecule has 1 heterocycles. The second-order valence-electron chi connectivity index (χ2n) is 11.4. The Morgan fingerprint density at radius 1 is 0.826 bits per heavy atom. The molecule has 0 atom stereocenters. The average molecular weight is 639 g/mol. The monoisotopic (exact) mass is 638 g/mol. The minimum absolute atomic E-state index is 0.408. The normalized spacial score (nSPS) is 11.1. The number of amides is 1. The molecule has 0 aliphatic carbocycles. The summed E-state index contributed by atoms with van der Waals surface area (Å²) in [6, 6.07) is 32.5. The molecule has 0 bridgehead atoms. The Morgan fingerprint density at radius 3 is 2.46 bits per heavy atom. The highest BCUT2D eigenvalue weighted by Gasteiger charge is 2.10. The Hall–Kier alpha value is -4.59. The van der Waals surface area contributed by atoms with Gasteiger partial charge >= 0.3 is 11.7 Å². The number of ether oxygens (including phenoxy) is 2. The van der Waals surface area contributed by atoms with Gasteiger partial charge in [-0.15, -0.1) is 0 Å². The van der Waals surface area contributed by atoms with Gasteiger partial charge in [0.1, 0.15) is 17.1 Å². The summed E-state index contributed by atoms with van der Waals surface area (Å²) in [5.74, 6) is 1.17. The maximum absolute atomic E-state index is 12.6. The van der Waals surface area contributed by atoms with Crippen LogP contribution in [0.5, 0.6) is 11.5 Å². The molecule has 0 saturated heterocycles. The molecule has 46 heavy (non-hydrogen) atoms. The first-order valence-electron chi connectivity index (χ1n) is 15.7. The van der Waals surface area contributed by atoms with Crippen molar-refractivity contribution < 1.29 is 18.7 Å². The molecular formula is C38H39ClN2O5. The van der Waals surface area contributed by atoms with Crippen LogP contribution in [0.15, 0.2) is 112 Å². The summed E-state index contributed by atoms with van der Waals surface area (Å²) in [5.41, 5.74) is 3.71. The van der Waals surface area contributed by atoms with Crippen LogP contribution >= 0.6 is 11.6 Å². The summed E-state index contributed by atoms with van der Waals surface area (Å²) < 4.78 is 17.1. The summed E-state index contributed by atoms with van der Waals surface area (Å²) in [7, 11) is 2.04. The number of carbonyl (C=O) groups excluding carboxylic acids is 1. The largest absolute Gasteiger partial charge is 0.493 e. The van der Waals surface area contributed by atoms with E-state index in [1.165, 1.54) is 5.56 Å². The Labute approximate surface area is 274 Å². The predicted molar refractivity (Wildman–Crippen MR) is 184 cm³/mol. The number of halogens is 1. The fraction of sp³-hybridized carbons (Fsp3) is 0.263. The standard InChI is InChI=1S/C38H39ClN2O5/c1-41(27-29-13-8-14-34(24-29)45-38(43)40-21-7-3-6-12-28-10-4-2-5-11-28)22-9-23-44-33-20-17-31-25-35(37(42)46-36(31)26-33)30-15-18-32(39)19-16-30/h2,4-5,8,10-11,13-20,24-26H,3,6-7,9,12,21-23,27H2,1H3,(H,40,43). The van der Waals surface area contributed by atoms with Crippen molar-refractivity contribution in [3.05, 3.63) is 130 Å². The molecule has 1 amide bonds. The minimum atomic E-state index is -0.430. The third-order valence-electron chi connectivity index (χ3n) is 7.63. The van der Waals surface area contributed by atoms with Crippen LogP contribution in [0.1, 0.15) is 36.8 Å². The Morgan fingerprint density at radius 2 is 1.63 bits per heavy atom. The van der Waals surface area contributed by atoms with Crippen LogP contribution in [0.25, 0.3) is 22.1 Å². The van der Waals surface area contributed by atoms with Crippen molar-refractivity contribution in [3.8, 4) is 22.6 Å². The number of hydrogen-bond acceptors (Lipinski definition) is 6. The third kappa shape index (κ3) is 9.96. The second-order valence-corrected chi connectivity index (χ2v) is 11.8. The molecule has 4 aromatic carbocycles. The van der Waals surface area contributed by atoms with Crippen molar-refractivity contribution in [1.82, 2.24) is 10.2 Å². The van der Waals surface area contributed by atoms with E-state index in [1.54, 1.807) is 36.4 Å². The highest BCUT2D eigenvalue weighted by Crippen LogP contribution is 2.25. The van der Waals surface area contributed by atoms with Gasteiger partial charge in [0.2, 0.25) is 0 Å². The molecular weight excluding hydrogens is 600 g/mol. The van der Waals surface area contributed by atoms with E-state index in [-0.39, 0.29) is 0 Å². The van der Waals surface area contributed by atoms with Gasteiger partial charge < -0.3 is 24.1 Å². The Balaban J connectivity index is 1.00. The SMILES string of the molecule is CN(CCCOc1ccc2cc(-c3ccc(Cl)cc3)c(=O)oc2c1)Cc1cccc(OC(=O)NCCCCCc2ccccc2)c1. The first kappa shape index (κ1) is 32.8. The van der Waals surface area contributed by atoms with Gasteiger partial charge in [-0.1, -0.05) is 72.6 Å². The van der Waals surface area contributed by atoms with Crippen LogP contribution in [0.3, 0.4) is 0 Å². The van der Waals surface area contributed by atoms with Crippen LogP contribution in [0.4, 0.5) is 4.79 Å². The fourth-order valence-corrected chi connectivity index (χ4v) is 5.37. The summed E-state index contributed by atoms with van der Waals surface area (Å²) in [6.45, 7) is 2.62. The van der Waals surface area contributed by atoms with Crippen molar-refractivity contribution >= 4 is 28.7 Å². The molecule has 5 rings (SSSR count). The molecule has 7 nitrogen and oxygen atoms in total. The van der Waals surface area contributed by atoms with E-state index in [4.69, 9.17) is 25.5 Å². The fourth-order valence-electron chi connectivity index (χ4n) is 5.24. The summed E-state index contributed by atoms with van der Waals surface area (Å²) >= 11 is 5.98. The van der Waals surface area contributed by atoms with Gasteiger partial charge in [0.15, 0.2) is 0 Å². The lowest BCUT2D eigenvalue weighted by Crippen LogP contribution is -2.27. The van der Waals surface area contributed by atoms with E-state index in [0.29, 0.717) is 47.4 Å². The first-order valence-corrected chi connectivity index (χ1v) is 16.0. The van der Waals surface area contributed by atoms with Gasteiger partial charge in [0.25, 0.3) is 0 Å². The Bertz CT molecular complexity index is 1770. The topological polar surface area (TPSA) is 81.0 Å². The lowest BCUT2D eigenvalue weighted by atomic mass is 10.1. The predicted octanol–water partition coefficient (Wildman–Crippen LogP) is 8.52. The smallest absolute Gasteiger partial charge is 0.412 e. The van der Waals surface area contributed by atoms with Crippen LogP contribution in [-0.2, 0) is 13.0 Å². The molecule has 238 valence electrons. The zero-order valence-electron chi connectivity index (χ0n) is 26.0. The molecule has 0 aliphatic rings. The number of benzene rings is 4. The quantitative estimate of drug-likeness (QED) is 0.0914. The third-order valence-corrected chi connectivity index (χ3v) is 7.88. The molecule has 8 heteroatoms. The van der Waals surface area contributed by atoms with Gasteiger partial charge in [0, 0.05) is 36.1 Å². The van der Waals surface area contributed by atoms with Gasteiger partial charge in [-0.25, -0.2) is 9.59 Å². The van der Waals surface area contributed by atoms with E-state index in [0.717, 1.165) is 55.2 Å². The maximum Gasteiger partial charge on any atom is 0.412 e. The molecule has 0 unspecified atom stereocenters. The lowest BCUT2D eigenvalue weighted by Gasteiger charge is -2.17. The number of nitrogens with one attached hydrogen (secondary N) is 1. The van der Waals surface area contributed by atoms with Crippen molar-refractivity contribution in [2.75, 3.05) is 26.7 Å². The molecule has 5 aromatic rings. The maximum atomic E-state index is 12.6. The van der Waals surface area contributed by atoms with Gasteiger partial charge in [-0.2, -0.15) is 0 Å². The first-order chi connectivity index (χ1) is 22.4. The molecule has 1 N–H and O–H groups in total. The van der Waals surface area contributed by atoms with Crippen LogP contribution in [-0.4, -0.2) is 37.7 Å². The van der Waals surface area contributed by atoms with E-state index in [2.05, 4.69) is 34.5 Å². The number of fused-ring (bicyclic) bond motifs is 1. The van der Waals surface area contributed by atoms with Gasteiger partial charge in [0.05, 0.1) is 12.2 Å². The van der Waals surface area contributed by atoms with Crippen LogP contribution in [0.2, 0.25) is 5.02 Å². The van der Waals surface area contributed by atoms with E-state index in [9.17, 15) is 9.59 Å². The number of hydrogen-bond donors (Lipinski definition) is 1. The van der Waals surface area contributed by atoms with E-state index < -0.39 is 11.7 Å². The van der Waals surface area contributed by atoms with Crippen molar-refractivity contribution in [2.24, 2.45) is 0 Å². The molecule has 1 aromatic heterocycles. The summed E-state index contributed by atoms with van der Waals surface area (Å²) in [4.78, 5) is 27.1. The van der Waals surface area contributed by atoms with Crippen LogP contribution in [0, 0.1) is 0 Å². The second kappa shape index (κ2) is 16.6. The van der Waals surface area contributed by atoms with Crippen molar-refractivity contribution in [1.29, 1.82) is 0 Å². The van der Waals surface area contributed by atoms with Crippen molar-refractivity contribution in [3.63, 3.8) is 0 Å². The molecule has 0 radical (unpaired) electrons. The lowest BCUT2D eigenvalue weighted by molar-refractivity contribution is 0.200. The van der Waals surface area contributed by atoms with Gasteiger partial charge in [-0.3, -0.25) is 0 Å². The summed E-state index contributed by atoms with van der Waals surface area (Å²) in [6.07, 6.45) is 4.49. The number of rotatable bonds is 15. The molecule has 0 spiro atoms. The summed E-state index contributed by atoms with van der Waals surface area (Å²) in [5, 5.41) is 4.27. The average Bonchev–Trinajstić information content (AvgIpc) is 3.05. The van der Waals surface area contributed by atoms with E-state index in [1.807, 2.05) is 49.5 Å². The van der Waals surface area contributed by atoms with Crippen LogP contribution < -0.4 is 20.4 Å². The highest BCUT2D eigenvalue weighted by molar-refractivity contribution is 6.30. The van der Waals surface area contributed by atoms with E-state index >= 15 is 0 Å².